The fourth-order valence-corrected chi connectivity index (χ4v) is 1.39. The summed E-state index contributed by atoms with van der Waals surface area (Å²) in [7, 11) is 0. The first kappa shape index (κ1) is 12.8. The molecule has 1 amide bonds. The molecular formula is C11H13NO5. The summed E-state index contributed by atoms with van der Waals surface area (Å²) < 4.78 is 0. The summed E-state index contributed by atoms with van der Waals surface area (Å²) in [6.45, 7) is 1.21. The van der Waals surface area contributed by atoms with E-state index in [9.17, 15) is 14.7 Å². The van der Waals surface area contributed by atoms with E-state index in [-0.39, 0.29) is 17.9 Å². The van der Waals surface area contributed by atoms with Crippen molar-refractivity contribution in [2.24, 2.45) is 0 Å². The Morgan fingerprint density at radius 1 is 1.35 bits per heavy atom. The maximum atomic E-state index is 10.9. The molecule has 0 spiro atoms. The highest BCUT2D eigenvalue weighted by molar-refractivity contribution is 5.82. The average molecular weight is 239 g/mol. The second-order valence-electron chi connectivity index (χ2n) is 3.61. The molecular weight excluding hydrogens is 226 g/mol. The maximum absolute atomic E-state index is 10.9. The first-order valence-electron chi connectivity index (χ1n) is 4.91. The lowest BCUT2D eigenvalue weighted by atomic mass is 10.0. The molecule has 0 bridgehead atoms. The monoisotopic (exact) mass is 239 g/mol. The van der Waals surface area contributed by atoms with E-state index in [2.05, 4.69) is 5.32 Å². The van der Waals surface area contributed by atoms with E-state index in [0.717, 1.165) is 6.07 Å². The van der Waals surface area contributed by atoms with Crippen LogP contribution in [-0.4, -0.2) is 33.2 Å². The molecule has 6 heteroatoms. The number of aliphatic carboxylic acids is 1. The Hall–Kier alpha value is -2.24. The van der Waals surface area contributed by atoms with Gasteiger partial charge in [0.15, 0.2) is 0 Å². The van der Waals surface area contributed by atoms with E-state index in [1.807, 2.05) is 0 Å². The Labute approximate surface area is 97.5 Å². The molecule has 1 aromatic carbocycles. The van der Waals surface area contributed by atoms with Crippen LogP contribution >= 0.6 is 0 Å². The van der Waals surface area contributed by atoms with Gasteiger partial charge in [-0.1, -0.05) is 6.07 Å². The number of carbonyl (C=O) groups excluding carboxylic acids is 1. The molecule has 0 aliphatic heterocycles. The van der Waals surface area contributed by atoms with Crippen LogP contribution in [-0.2, 0) is 16.0 Å². The van der Waals surface area contributed by atoms with Crippen molar-refractivity contribution >= 4 is 11.9 Å². The van der Waals surface area contributed by atoms with Gasteiger partial charge in [-0.2, -0.15) is 0 Å². The Kier molecular flexibility index (Phi) is 3.92. The van der Waals surface area contributed by atoms with Gasteiger partial charge in [-0.05, 0) is 11.6 Å². The van der Waals surface area contributed by atoms with Gasteiger partial charge in [-0.15, -0.1) is 0 Å². The van der Waals surface area contributed by atoms with Gasteiger partial charge in [-0.3, -0.25) is 4.79 Å². The van der Waals surface area contributed by atoms with E-state index in [0.29, 0.717) is 5.56 Å². The third kappa shape index (κ3) is 3.67. The molecule has 0 aliphatic carbocycles. The molecule has 92 valence electrons. The highest BCUT2D eigenvalue weighted by Gasteiger charge is 2.20. The SMILES string of the molecule is CC(=O)NC(Cc1ccc(O)cc1O)C(=O)O. The third-order valence-corrected chi connectivity index (χ3v) is 2.17. The van der Waals surface area contributed by atoms with Gasteiger partial charge in [0, 0.05) is 19.4 Å². The van der Waals surface area contributed by atoms with Crippen LogP contribution in [0.25, 0.3) is 0 Å². The first-order valence-corrected chi connectivity index (χ1v) is 4.91. The number of nitrogens with one attached hydrogen (secondary N) is 1. The molecule has 6 nitrogen and oxygen atoms in total. The minimum Gasteiger partial charge on any atom is -0.508 e. The summed E-state index contributed by atoms with van der Waals surface area (Å²) in [6.07, 6.45) is -0.0545. The number of phenolic OH excluding ortho intramolecular Hbond substituents is 2. The molecule has 0 saturated heterocycles. The van der Waals surface area contributed by atoms with Gasteiger partial charge >= 0.3 is 5.97 Å². The number of aromatic hydroxyl groups is 2. The highest BCUT2D eigenvalue weighted by atomic mass is 16.4. The van der Waals surface area contributed by atoms with Gasteiger partial charge in [0.25, 0.3) is 0 Å². The predicted molar refractivity (Wildman–Crippen MR) is 58.7 cm³/mol. The molecule has 4 N–H and O–H groups in total. The van der Waals surface area contributed by atoms with Crippen molar-refractivity contribution in [1.82, 2.24) is 5.32 Å². The molecule has 0 aromatic heterocycles. The van der Waals surface area contributed by atoms with E-state index in [4.69, 9.17) is 10.2 Å². The first-order chi connectivity index (χ1) is 7.90. The second kappa shape index (κ2) is 5.20. The van der Waals surface area contributed by atoms with Gasteiger partial charge in [0.1, 0.15) is 17.5 Å². The number of carboxylic acids is 1. The number of carbonyl (C=O) groups is 2. The smallest absolute Gasteiger partial charge is 0.326 e. The standard InChI is InChI=1S/C11H13NO5/c1-6(13)12-9(11(16)17)4-7-2-3-8(14)5-10(7)15/h2-3,5,9,14-15H,4H2,1H3,(H,12,13)(H,16,17). The number of phenols is 2. The summed E-state index contributed by atoms with van der Waals surface area (Å²) in [4.78, 5) is 21.7. The molecule has 0 aliphatic rings. The van der Waals surface area contributed by atoms with Crippen LogP contribution < -0.4 is 5.32 Å². The Bertz CT molecular complexity index is 443. The van der Waals surface area contributed by atoms with Crippen LogP contribution in [0.4, 0.5) is 0 Å². The number of benzene rings is 1. The molecule has 0 radical (unpaired) electrons. The van der Waals surface area contributed by atoms with Crippen LogP contribution in [0.3, 0.4) is 0 Å². The van der Waals surface area contributed by atoms with Crippen molar-refractivity contribution < 1.29 is 24.9 Å². The molecule has 17 heavy (non-hydrogen) atoms. The molecule has 0 heterocycles. The minimum absolute atomic E-state index is 0.0545. The molecule has 1 aromatic rings. The number of hydrogen-bond acceptors (Lipinski definition) is 4. The van der Waals surface area contributed by atoms with Crippen molar-refractivity contribution in [2.45, 2.75) is 19.4 Å². The van der Waals surface area contributed by atoms with Gasteiger partial charge in [0.2, 0.25) is 5.91 Å². The lowest BCUT2D eigenvalue weighted by Gasteiger charge is -2.14. The Morgan fingerprint density at radius 2 is 2.00 bits per heavy atom. The lowest BCUT2D eigenvalue weighted by Crippen LogP contribution is -2.41. The summed E-state index contributed by atoms with van der Waals surface area (Å²) in [5, 5.41) is 29.7. The lowest BCUT2D eigenvalue weighted by molar-refractivity contribution is -0.141. The van der Waals surface area contributed by atoms with Crippen molar-refractivity contribution in [3.8, 4) is 11.5 Å². The largest absolute Gasteiger partial charge is 0.508 e. The van der Waals surface area contributed by atoms with Gasteiger partial charge in [0.05, 0.1) is 0 Å². The fraction of sp³-hybridized carbons (Fsp3) is 0.273. The topological polar surface area (TPSA) is 107 Å². The van der Waals surface area contributed by atoms with Crippen LogP contribution in [0.15, 0.2) is 18.2 Å². The zero-order valence-corrected chi connectivity index (χ0v) is 9.17. The Morgan fingerprint density at radius 3 is 2.47 bits per heavy atom. The summed E-state index contributed by atoms with van der Waals surface area (Å²) in [5.74, 6) is -1.97. The van der Waals surface area contributed by atoms with E-state index < -0.39 is 17.9 Å². The van der Waals surface area contributed by atoms with Crippen LogP contribution in [0.2, 0.25) is 0 Å². The number of amides is 1. The molecule has 1 unspecified atom stereocenters. The Balaban J connectivity index is 2.86. The van der Waals surface area contributed by atoms with Crippen molar-refractivity contribution in [3.05, 3.63) is 23.8 Å². The molecule has 0 saturated carbocycles. The zero-order valence-electron chi connectivity index (χ0n) is 9.17. The van der Waals surface area contributed by atoms with E-state index in [1.165, 1.54) is 19.1 Å². The molecule has 1 atom stereocenters. The van der Waals surface area contributed by atoms with E-state index >= 15 is 0 Å². The van der Waals surface area contributed by atoms with Crippen molar-refractivity contribution in [2.75, 3.05) is 0 Å². The average Bonchev–Trinajstić information content (AvgIpc) is 2.19. The maximum Gasteiger partial charge on any atom is 0.326 e. The summed E-state index contributed by atoms with van der Waals surface area (Å²) in [5.41, 5.74) is 0.337. The van der Waals surface area contributed by atoms with Crippen molar-refractivity contribution in [1.29, 1.82) is 0 Å². The van der Waals surface area contributed by atoms with Gasteiger partial charge in [-0.25, -0.2) is 4.79 Å². The highest BCUT2D eigenvalue weighted by Crippen LogP contribution is 2.23. The van der Waals surface area contributed by atoms with Crippen LogP contribution in [0, 0.1) is 0 Å². The normalized spacial score (nSPS) is 11.8. The molecule has 0 fully saturated rings. The van der Waals surface area contributed by atoms with Crippen LogP contribution in [0.1, 0.15) is 12.5 Å². The van der Waals surface area contributed by atoms with Gasteiger partial charge < -0.3 is 20.6 Å². The predicted octanol–water partition coefficient (Wildman–Crippen LogP) is 0.230. The fourth-order valence-electron chi connectivity index (χ4n) is 1.39. The third-order valence-electron chi connectivity index (χ3n) is 2.17. The van der Waals surface area contributed by atoms with Crippen LogP contribution in [0.5, 0.6) is 11.5 Å². The zero-order chi connectivity index (χ0) is 13.0. The molecule has 1 rings (SSSR count). The quantitative estimate of drug-likeness (QED) is 0.601. The number of carboxylic acid groups (broad SMARTS) is 1. The van der Waals surface area contributed by atoms with Crippen molar-refractivity contribution in [3.63, 3.8) is 0 Å². The number of rotatable bonds is 4. The summed E-state index contributed by atoms with van der Waals surface area (Å²) in [6, 6.07) is 2.74. The second-order valence-corrected chi connectivity index (χ2v) is 3.61. The number of hydrogen-bond donors (Lipinski definition) is 4. The summed E-state index contributed by atoms with van der Waals surface area (Å²) >= 11 is 0. The van der Waals surface area contributed by atoms with E-state index in [1.54, 1.807) is 0 Å². The minimum atomic E-state index is -1.19.